The van der Waals surface area contributed by atoms with Gasteiger partial charge in [-0.1, -0.05) is 24.3 Å². The number of nitriles is 1. The molecule has 0 bridgehead atoms. The first-order valence-electron chi connectivity index (χ1n) is 6.61. The number of fused-ring (bicyclic) bond motifs is 1. The van der Waals surface area contributed by atoms with Crippen molar-refractivity contribution in [2.75, 3.05) is 0 Å². The Morgan fingerprint density at radius 2 is 1.82 bits per heavy atom. The summed E-state index contributed by atoms with van der Waals surface area (Å²) < 4.78 is 2.64. The summed E-state index contributed by atoms with van der Waals surface area (Å²) >= 11 is 2.22. The Labute approximate surface area is 140 Å². The maximum Gasteiger partial charge on any atom is 0.273 e. The molecule has 0 aliphatic heterocycles. The number of hydrogen-bond acceptors (Lipinski definition) is 3. The van der Waals surface area contributed by atoms with E-state index < -0.39 is 5.56 Å². The molecule has 0 saturated carbocycles. The molecule has 0 saturated heterocycles. The van der Waals surface area contributed by atoms with E-state index in [9.17, 15) is 9.90 Å². The summed E-state index contributed by atoms with van der Waals surface area (Å²) in [6.07, 6.45) is 0. The lowest BCUT2D eigenvalue weighted by Crippen LogP contribution is -2.23. The van der Waals surface area contributed by atoms with E-state index in [4.69, 9.17) is 5.26 Å². The van der Waals surface area contributed by atoms with Crippen LogP contribution in [0.1, 0.15) is 11.1 Å². The summed E-state index contributed by atoms with van der Waals surface area (Å²) in [5.41, 5.74) is 0.881. The molecule has 0 aliphatic rings. The first kappa shape index (κ1) is 14.6. The smallest absolute Gasteiger partial charge is 0.273 e. The minimum absolute atomic E-state index is 0.218. The molecule has 0 fully saturated rings. The van der Waals surface area contributed by atoms with Crippen LogP contribution in [0.4, 0.5) is 0 Å². The SMILES string of the molecule is N#Cc1c(O)c2ccccc2n(Cc2ccc(I)cc2)c1=O. The highest BCUT2D eigenvalue weighted by atomic mass is 127. The van der Waals surface area contributed by atoms with Crippen LogP contribution in [0.15, 0.2) is 53.3 Å². The van der Waals surface area contributed by atoms with E-state index in [-0.39, 0.29) is 11.3 Å². The zero-order valence-corrected chi connectivity index (χ0v) is 13.6. The predicted molar refractivity (Wildman–Crippen MR) is 92.8 cm³/mol. The molecule has 0 spiro atoms. The van der Waals surface area contributed by atoms with Crippen LogP contribution in [0.3, 0.4) is 0 Å². The Kier molecular flexibility index (Phi) is 3.86. The van der Waals surface area contributed by atoms with Crippen molar-refractivity contribution < 1.29 is 5.11 Å². The Morgan fingerprint density at radius 1 is 1.14 bits per heavy atom. The van der Waals surface area contributed by atoms with Gasteiger partial charge >= 0.3 is 0 Å². The zero-order valence-electron chi connectivity index (χ0n) is 11.5. The van der Waals surface area contributed by atoms with Crippen LogP contribution in [-0.2, 0) is 6.54 Å². The monoisotopic (exact) mass is 402 g/mol. The fraction of sp³-hybridized carbons (Fsp3) is 0.0588. The number of aromatic nitrogens is 1. The molecule has 0 amide bonds. The van der Waals surface area contributed by atoms with Crippen LogP contribution < -0.4 is 5.56 Å². The molecule has 108 valence electrons. The summed E-state index contributed by atoms with van der Waals surface area (Å²) in [5, 5.41) is 19.8. The Bertz CT molecular complexity index is 953. The molecular formula is C17H11IN2O2. The van der Waals surface area contributed by atoms with E-state index in [0.717, 1.165) is 9.13 Å². The van der Waals surface area contributed by atoms with E-state index in [1.54, 1.807) is 30.3 Å². The van der Waals surface area contributed by atoms with Gasteiger partial charge in [0.15, 0.2) is 5.56 Å². The molecule has 3 rings (SSSR count). The quantitative estimate of drug-likeness (QED) is 0.670. The third kappa shape index (κ3) is 2.46. The molecule has 2 aromatic carbocycles. The van der Waals surface area contributed by atoms with Gasteiger partial charge in [-0.2, -0.15) is 5.26 Å². The van der Waals surface area contributed by atoms with Crippen LogP contribution >= 0.6 is 22.6 Å². The molecule has 1 aromatic heterocycles. The van der Waals surface area contributed by atoms with Crippen LogP contribution in [-0.4, -0.2) is 9.67 Å². The number of hydrogen-bond donors (Lipinski definition) is 1. The van der Waals surface area contributed by atoms with Crippen molar-refractivity contribution in [2.24, 2.45) is 0 Å². The summed E-state index contributed by atoms with van der Waals surface area (Å²) in [6, 6.07) is 16.7. The van der Waals surface area contributed by atoms with Crippen LogP contribution in [0, 0.1) is 14.9 Å². The molecule has 0 aliphatic carbocycles. The number of para-hydroxylation sites is 1. The van der Waals surface area contributed by atoms with Gasteiger partial charge in [-0.25, -0.2) is 0 Å². The molecule has 5 heteroatoms. The fourth-order valence-corrected chi connectivity index (χ4v) is 2.78. The van der Waals surface area contributed by atoms with Gasteiger partial charge in [-0.15, -0.1) is 0 Å². The van der Waals surface area contributed by atoms with E-state index in [1.165, 1.54) is 4.57 Å². The van der Waals surface area contributed by atoms with Gasteiger partial charge < -0.3 is 9.67 Å². The molecule has 22 heavy (non-hydrogen) atoms. The molecule has 0 radical (unpaired) electrons. The number of rotatable bonds is 2. The van der Waals surface area contributed by atoms with Crippen LogP contribution in [0.25, 0.3) is 10.9 Å². The van der Waals surface area contributed by atoms with Crippen molar-refractivity contribution in [3.8, 4) is 11.8 Å². The van der Waals surface area contributed by atoms with Crippen molar-refractivity contribution in [3.63, 3.8) is 0 Å². The van der Waals surface area contributed by atoms with Crippen molar-refractivity contribution in [1.82, 2.24) is 4.57 Å². The second-order valence-corrected chi connectivity index (χ2v) is 6.12. The average molecular weight is 402 g/mol. The fourth-order valence-electron chi connectivity index (χ4n) is 2.42. The lowest BCUT2D eigenvalue weighted by Gasteiger charge is -2.12. The number of aromatic hydroxyl groups is 1. The lowest BCUT2D eigenvalue weighted by molar-refractivity contribution is 0.477. The van der Waals surface area contributed by atoms with Gasteiger partial charge in [0, 0.05) is 8.96 Å². The van der Waals surface area contributed by atoms with Crippen LogP contribution in [0.5, 0.6) is 5.75 Å². The minimum Gasteiger partial charge on any atom is -0.506 e. The molecule has 1 N–H and O–H groups in total. The first-order chi connectivity index (χ1) is 10.6. The minimum atomic E-state index is -0.475. The second kappa shape index (κ2) is 5.81. The van der Waals surface area contributed by atoms with E-state index in [0.29, 0.717) is 17.4 Å². The maximum atomic E-state index is 12.5. The molecule has 0 atom stereocenters. The van der Waals surface area contributed by atoms with Crippen molar-refractivity contribution >= 4 is 33.5 Å². The van der Waals surface area contributed by atoms with E-state index in [1.807, 2.05) is 24.3 Å². The summed E-state index contributed by atoms with van der Waals surface area (Å²) in [6.45, 7) is 0.352. The normalized spacial score (nSPS) is 10.5. The van der Waals surface area contributed by atoms with Crippen molar-refractivity contribution in [2.45, 2.75) is 6.54 Å². The topological polar surface area (TPSA) is 66.0 Å². The number of halogens is 1. The highest BCUT2D eigenvalue weighted by Crippen LogP contribution is 2.26. The van der Waals surface area contributed by atoms with Gasteiger partial charge in [0.2, 0.25) is 0 Å². The second-order valence-electron chi connectivity index (χ2n) is 4.87. The summed E-state index contributed by atoms with van der Waals surface area (Å²) in [7, 11) is 0. The lowest BCUT2D eigenvalue weighted by atomic mass is 10.1. The highest BCUT2D eigenvalue weighted by molar-refractivity contribution is 14.1. The van der Waals surface area contributed by atoms with Gasteiger partial charge in [0.1, 0.15) is 11.8 Å². The summed E-state index contributed by atoms with van der Waals surface area (Å²) in [4.78, 5) is 12.5. The van der Waals surface area contributed by atoms with Gasteiger partial charge in [-0.05, 0) is 52.4 Å². The Morgan fingerprint density at radius 3 is 2.50 bits per heavy atom. The number of pyridine rings is 1. The molecule has 3 aromatic rings. The third-order valence-corrected chi connectivity index (χ3v) is 4.23. The van der Waals surface area contributed by atoms with Gasteiger partial charge in [0.25, 0.3) is 5.56 Å². The highest BCUT2D eigenvalue weighted by Gasteiger charge is 2.15. The number of nitrogens with zero attached hydrogens (tertiary/aromatic N) is 2. The number of benzene rings is 2. The van der Waals surface area contributed by atoms with Gasteiger partial charge in [-0.3, -0.25) is 4.79 Å². The van der Waals surface area contributed by atoms with Crippen molar-refractivity contribution in [1.29, 1.82) is 5.26 Å². The Hall–Kier alpha value is -2.33. The van der Waals surface area contributed by atoms with Crippen LogP contribution in [0.2, 0.25) is 0 Å². The van der Waals surface area contributed by atoms with Gasteiger partial charge in [0.05, 0.1) is 12.1 Å². The zero-order chi connectivity index (χ0) is 15.7. The maximum absolute atomic E-state index is 12.5. The molecule has 1 heterocycles. The molecular weight excluding hydrogens is 391 g/mol. The summed E-state index contributed by atoms with van der Waals surface area (Å²) in [5.74, 6) is -0.248. The molecule has 4 nitrogen and oxygen atoms in total. The van der Waals surface area contributed by atoms with E-state index >= 15 is 0 Å². The largest absolute Gasteiger partial charge is 0.506 e. The standard InChI is InChI=1S/C17H11IN2O2/c18-12-7-5-11(6-8-12)10-20-15-4-2-1-3-13(15)16(21)14(9-19)17(20)22/h1-8,21H,10H2. The van der Waals surface area contributed by atoms with Crippen molar-refractivity contribution in [3.05, 3.63) is 73.6 Å². The average Bonchev–Trinajstić information content (AvgIpc) is 2.54. The third-order valence-electron chi connectivity index (χ3n) is 3.51. The first-order valence-corrected chi connectivity index (χ1v) is 7.68. The molecule has 0 unspecified atom stereocenters. The predicted octanol–water partition coefficient (Wildman–Crippen LogP) is 3.23. The van der Waals surface area contributed by atoms with E-state index in [2.05, 4.69) is 22.6 Å². The Balaban J connectivity index is 2.26.